The van der Waals surface area contributed by atoms with Gasteiger partial charge < -0.3 is 22.1 Å². The van der Waals surface area contributed by atoms with Gasteiger partial charge in [0.05, 0.1) is 0 Å². The summed E-state index contributed by atoms with van der Waals surface area (Å²) < 4.78 is 0. The fourth-order valence-electron chi connectivity index (χ4n) is 0. The fourth-order valence-corrected chi connectivity index (χ4v) is 0. The molecule has 0 aromatic carbocycles. The minimum absolute atomic E-state index is 0. The van der Waals surface area contributed by atoms with Crippen molar-refractivity contribution in [2.45, 2.75) is 0 Å². The second-order valence-electron chi connectivity index (χ2n) is 0. The van der Waals surface area contributed by atoms with Crippen molar-refractivity contribution in [3.63, 3.8) is 0 Å². The summed E-state index contributed by atoms with van der Waals surface area (Å²) >= 11 is 0. The van der Waals surface area contributed by atoms with Crippen LogP contribution in [0.25, 0.3) is 0 Å². The van der Waals surface area contributed by atoms with E-state index >= 15 is 0 Å². The molecule has 0 spiro atoms. The largest absolute Gasteiger partial charge is 2.00 e. The topological polar surface area (TPSA) is 94.5 Å². The van der Waals surface area contributed by atoms with Crippen molar-refractivity contribution < 1.29 is 22.1 Å². The average Bonchev–Trinajstić information content (AvgIpc) is 0. The third-order valence-electron chi connectivity index (χ3n) is 0. The van der Waals surface area contributed by atoms with Crippen LogP contribution in [0.3, 0.4) is 0 Å². The standard InChI is InChI=1S/2Ba.3H2O.4H/h;;3*1H2;;;;/q2*+2;;;;4*-1. The molecule has 0 aliphatic heterocycles. The van der Waals surface area contributed by atoms with Crippen molar-refractivity contribution in [1.29, 1.82) is 0 Å². The van der Waals surface area contributed by atoms with Crippen LogP contribution in [0, 0.1) is 0 Å². The zero-order chi connectivity index (χ0) is 0. The SMILES string of the molecule is O.O.O.[Ba+2].[Ba+2].[H-].[H-].[H-].[H-]. The Morgan fingerprint density at radius 1 is 0.600 bits per heavy atom. The first kappa shape index (κ1) is 43.3. The molecule has 0 atom stereocenters. The van der Waals surface area contributed by atoms with Crippen LogP contribution in [-0.4, -0.2) is 114 Å². The number of rotatable bonds is 0. The third-order valence-corrected chi connectivity index (χ3v) is 0. The number of hydrogen-bond acceptors (Lipinski definition) is 0. The maximum absolute atomic E-state index is 0. The van der Waals surface area contributed by atoms with Gasteiger partial charge in [-0.15, -0.1) is 0 Å². The average molecular weight is 333 g/mol. The van der Waals surface area contributed by atoms with Crippen LogP contribution in [0.4, 0.5) is 0 Å². The van der Waals surface area contributed by atoms with Crippen LogP contribution in [0.15, 0.2) is 0 Å². The van der Waals surface area contributed by atoms with E-state index in [1.54, 1.807) is 0 Å². The Morgan fingerprint density at radius 3 is 0.600 bits per heavy atom. The molecule has 0 aliphatic rings. The molecular weight excluding hydrogens is 323 g/mol. The van der Waals surface area contributed by atoms with E-state index in [0.717, 1.165) is 0 Å². The molecule has 6 N–H and O–H groups in total. The van der Waals surface area contributed by atoms with Crippen LogP contribution in [0.1, 0.15) is 5.71 Å². The Morgan fingerprint density at radius 2 is 0.600 bits per heavy atom. The van der Waals surface area contributed by atoms with Crippen LogP contribution in [-0.2, 0) is 0 Å². The zero-order valence-electron chi connectivity index (χ0n) is 6.91. The molecule has 0 saturated carbocycles. The van der Waals surface area contributed by atoms with Crippen molar-refractivity contribution >= 4 is 97.8 Å². The van der Waals surface area contributed by atoms with E-state index in [1.807, 2.05) is 0 Å². The van der Waals surface area contributed by atoms with Gasteiger partial charge in [-0.05, 0) is 0 Å². The molecule has 0 rings (SSSR count). The van der Waals surface area contributed by atoms with Crippen molar-refractivity contribution in [2.24, 2.45) is 0 Å². The van der Waals surface area contributed by atoms with Gasteiger partial charge in [-0.2, -0.15) is 0 Å². The summed E-state index contributed by atoms with van der Waals surface area (Å²) in [7, 11) is 0. The van der Waals surface area contributed by atoms with Crippen molar-refractivity contribution in [3.05, 3.63) is 0 Å². The summed E-state index contributed by atoms with van der Waals surface area (Å²) in [6.45, 7) is 0. The number of hydrogen-bond donors (Lipinski definition) is 0. The Bertz CT molecular complexity index is 13.8. The Balaban J connectivity index is 0. The Hall–Kier alpha value is 3.02. The molecule has 0 heterocycles. The molecule has 0 radical (unpaired) electrons. The van der Waals surface area contributed by atoms with Gasteiger partial charge in [-0.3, -0.25) is 0 Å². The maximum Gasteiger partial charge on any atom is 2.00 e. The van der Waals surface area contributed by atoms with Crippen LogP contribution in [0.2, 0.25) is 0 Å². The van der Waals surface area contributed by atoms with Crippen molar-refractivity contribution in [1.82, 2.24) is 0 Å². The zero-order valence-corrected chi connectivity index (χ0v) is 11.8. The first-order chi connectivity index (χ1) is 0. The van der Waals surface area contributed by atoms with Gasteiger partial charge in [0.2, 0.25) is 0 Å². The van der Waals surface area contributed by atoms with Gasteiger partial charge in [0.1, 0.15) is 0 Å². The molecule has 5 heteroatoms. The van der Waals surface area contributed by atoms with Gasteiger partial charge in [0, 0.05) is 0 Å². The van der Waals surface area contributed by atoms with E-state index in [4.69, 9.17) is 0 Å². The molecule has 0 unspecified atom stereocenters. The molecule has 0 aliphatic carbocycles. The molecule has 0 amide bonds. The van der Waals surface area contributed by atoms with E-state index in [0.29, 0.717) is 0 Å². The van der Waals surface area contributed by atoms with E-state index in [2.05, 4.69) is 0 Å². The fraction of sp³-hybridized carbons (Fsp3) is 0. The van der Waals surface area contributed by atoms with E-state index < -0.39 is 0 Å². The van der Waals surface area contributed by atoms with Crippen LogP contribution in [0.5, 0.6) is 0 Å². The molecule has 0 aromatic heterocycles. The quantitative estimate of drug-likeness (QED) is 0.429. The summed E-state index contributed by atoms with van der Waals surface area (Å²) in [6, 6.07) is 0. The molecule has 5 heavy (non-hydrogen) atoms. The maximum atomic E-state index is 0. The third kappa shape index (κ3) is 19.4. The summed E-state index contributed by atoms with van der Waals surface area (Å²) in [6.07, 6.45) is 0. The van der Waals surface area contributed by atoms with Gasteiger partial charge in [-0.25, -0.2) is 0 Å². The Kier molecular flexibility index (Phi) is 241. The van der Waals surface area contributed by atoms with E-state index in [1.165, 1.54) is 0 Å². The van der Waals surface area contributed by atoms with Gasteiger partial charge in [0.15, 0.2) is 0 Å². The molecule has 32 valence electrons. The molecule has 0 fully saturated rings. The minimum Gasteiger partial charge on any atom is -1.00 e. The van der Waals surface area contributed by atoms with E-state index in [-0.39, 0.29) is 120 Å². The van der Waals surface area contributed by atoms with Crippen molar-refractivity contribution in [3.8, 4) is 0 Å². The van der Waals surface area contributed by atoms with Gasteiger partial charge in [-0.1, -0.05) is 0 Å². The van der Waals surface area contributed by atoms with Crippen molar-refractivity contribution in [2.75, 3.05) is 0 Å². The minimum atomic E-state index is 0. The monoisotopic (exact) mass is 334 g/mol. The summed E-state index contributed by atoms with van der Waals surface area (Å²) in [5.41, 5.74) is 0. The second-order valence-corrected chi connectivity index (χ2v) is 0. The summed E-state index contributed by atoms with van der Waals surface area (Å²) in [4.78, 5) is 0. The molecule has 3 nitrogen and oxygen atoms in total. The smallest absolute Gasteiger partial charge is 1.00 e. The first-order valence-electron chi connectivity index (χ1n) is 0. The van der Waals surface area contributed by atoms with Gasteiger partial charge >= 0.3 is 97.8 Å². The summed E-state index contributed by atoms with van der Waals surface area (Å²) in [5.74, 6) is 0. The van der Waals surface area contributed by atoms with E-state index in [9.17, 15) is 0 Å². The second kappa shape index (κ2) is 27.9. The predicted molar refractivity (Wildman–Crippen MR) is 26.8 cm³/mol. The Labute approximate surface area is 117 Å². The summed E-state index contributed by atoms with van der Waals surface area (Å²) in [5, 5.41) is 0. The first-order valence-corrected chi connectivity index (χ1v) is 0. The van der Waals surface area contributed by atoms with Gasteiger partial charge in [0.25, 0.3) is 0 Å². The normalized spacial score (nSPS) is 0. The molecule has 0 aromatic rings. The molecule has 0 bridgehead atoms. The van der Waals surface area contributed by atoms with Crippen LogP contribution >= 0.6 is 0 Å². The molecular formula is H10Ba2O3. The molecule has 0 saturated heterocycles. The predicted octanol–water partition coefficient (Wildman–Crippen LogP) is -2.79. The van der Waals surface area contributed by atoms with Crippen LogP contribution < -0.4 is 0 Å².